The number of hydrogen-bond donors (Lipinski definition) is 0. The highest BCUT2D eigenvalue weighted by Gasteiger charge is 2.26. The Bertz CT molecular complexity index is 601. The minimum Gasteiger partial charge on any atom is -0.249 e. The van der Waals surface area contributed by atoms with E-state index in [0.29, 0.717) is 11.8 Å². The molecule has 0 amide bonds. The van der Waals surface area contributed by atoms with Crippen molar-refractivity contribution in [2.24, 2.45) is 5.92 Å². The van der Waals surface area contributed by atoms with Crippen LogP contribution < -0.4 is 0 Å². The summed E-state index contributed by atoms with van der Waals surface area (Å²) in [6.45, 7) is 4.49. The molecule has 0 radical (unpaired) electrons. The lowest BCUT2D eigenvalue weighted by Gasteiger charge is -2.26. The van der Waals surface area contributed by atoms with E-state index < -0.39 is 0 Å². The average Bonchev–Trinajstić information content (AvgIpc) is 2.43. The predicted molar refractivity (Wildman–Crippen MR) is 75.4 cm³/mol. The van der Waals surface area contributed by atoms with E-state index in [-0.39, 0.29) is 0 Å². The summed E-state index contributed by atoms with van der Waals surface area (Å²) in [5.41, 5.74) is 4.25. The smallest absolute Gasteiger partial charge is 0.0894 e. The van der Waals surface area contributed by atoms with Crippen LogP contribution in [0.1, 0.15) is 44.0 Å². The van der Waals surface area contributed by atoms with Crippen LogP contribution in [-0.4, -0.2) is 9.97 Å². The second kappa shape index (κ2) is 4.52. The highest BCUT2D eigenvalue weighted by molar-refractivity contribution is 5.76. The number of rotatable bonds is 2. The molecule has 1 aromatic heterocycles. The lowest BCUT2D eigenvalue weighted by Crippen LogP contribution is -2.17. The number of fused-ring (bicyclic) bond motifs is 2. The summed E-state index contributed by atoms with van der Waals surface area (Å²) in [6, 6.07) is 8.13. The molecule has 1 aliphatic rings. The van der Waals surface area contributed by atoms with Gasteiger partial charge in [-0.15, -0.1) is 0 Å². The zero-order chi connectivity index (χ0) is 12.5. The van der Waals surface area contributed by atoms with Gasteiger partial charge in [0.05, 0.1) is 22.4 Å². The van der Waals surface area contributed by atoms with E-state index >= 15 is 0 Å². The molecular weight excluding hydrogens is 220 g/mol. The molecule has 2 unspecified atom stereocenters. The molecule has 0 spiro atoms. The van der Waals surface area contributed by atoms with Crippen LogP contribution in [0.4, 0.5) is 0 Å². The van der Waals surface area contributed by atoms with Gasteiger partial charge in [0, 0.05) is 5.92 Å². The van der Waals surface area contributed by atoms with Crippen molar-refractivity contribution in [1.29, 1.82) is 0 Å². The van der Waals surface area contributed by atoms with Gasteiger partial charge < -0.3 is 0 Å². The first-order chi connectivity index (χ1) is 8.83. The van der Waals surface area contributed by atoms with E-state index in [9.17, 15) is 0 Å². The quantitative estimate of drug-likeness (QED) is 0.784. The third kappa shape index (κ3) is 1.72. The Hall–Kier alpha value is -1.70. The molecule has 0 aliphatic heterocycles. The van der Waals surface area contributed by atoms with Crippen LogP contribution in [0.25, 0.3) is 17.1 Å². The first-order valence-corrected chi connectivity index (χ1v) is 6.78. The largest absolute Gasteiger partial charge is 0.249 e. The molecule has 0 fully saturated rings. The maximum absolute atomic E-state index is 4.85. The van der Waals surface area contributed by atoms with Gasteiger partial charge in [-0.05, 0) is 37.0 Å². The van der Waals surface area contributed by atoms with Crippen molar-refractivity contribution in [3.63, 3.8) is 0 Å². The van der Waals surface area contributed by atoms with Crippen LogP contribution in [0.3, 0.4) is 0 Å². The van der Waals surface area contributed by atoms with Crippen LogP contribution in [0.5, 0.6) is 0 Å². The second-order valence-electron chi connectivity index (χ2n) is 4.93. The average molecular weight is 238 g/mol. The van der Waals surface area contributed by atoms with Crippen molar-refractivity contribution in [2.75, 3.05) is 0 Å². The minimum absolute atomic E-state index is 0.520. The standard InChI is InChI=1S/C16H18N2/c1-3-11-9-10-15-16(12(11)4-2)18-14-8-6-5-7-13(14)17-15/h5-12H,3-4H2,1-2H3. The maximum Gasteiger partial charge on any atom is 0.0894 e. The third-order valence-corrected chi connectivity index (χ3v) is 3.91. The van der Waals surface area contributed by atoms with E-state index in [1.807, 2.05) is 18.2 Å². The molecule has 92 valence electrons. The number of nitrogens with zero attached hydrogens (tertiary/aromatic N) is 2. The summed E-state index contributed by atoms with van der Waals surface area (Å²) < 4.78 is 0. The lowest BCUT2D eigenvalue weighted by molar-refractivity contribution is 0.465. The van der Waals surface area contributed by atoms with Crippen LogP contribution in [0, 0.1) is 5.92 Å². The molecule has 2 aromatic rings. The van der Waals surface area contributed by atoms with Gasteiger partial charge in [-0.25, -0.2) is 9.97 Å². The molecule has 2 nitrogen and oxygen atoms in total. The Balaban J connectivity index is 2.19. The number of aromatic nitrogens is 2. The molecular formula is C16H18N2. The van der Waals surface area contributed by atoms with Gasteiger partial charge in [0.1, 0.15) is 0 Å². The fourth-order valence-electron chi connectivity index (χ4n) is 2.89. The highest BCUT2D eigenvalue weighted by atomic mass is 14.8. The van der Waals surface area contributed by atoms with Crippen LogP contribution in [0.15, 0.2) is 30.3 Å². The monoisotopic (exact) mass is 238 g/mol. The van der Waals surface area contributed by atoms with E-state index in [1.54, 1.807) is 0 Å². The van der Waals surface area contributed by atoms with Crippen LogP contribution >= 0.6 is 0 Å². The Morgan fingerprint density at radius 2 is 1.72 bits per heavy atom. The fourth-order valence-corrected chi connectivity index (χ4v) is 2.89. The van der Waals surface area contributed by atoms with Gasteiger partial charge in [-0.2, -0.15) is 0 Å². The summed E-state index contributed by atoms with van der Waals surface area (Å²) in [6.07, 6.45) is 6.75. The first kappa shape index (κ1) is 11.4. The number of benzene rings is 1. The van der Waals surface area contributed by atoms with Crippen LogP contribution in [0.2, 0.25) is 0 Å². The van der Waals surface area contributed by atoms with Gasteiger partial charge in [-0.1, -0.05) is 32.1 Å². The van der Waals surface area contributed by atoms with Gasteiger partial charge in [0.2, 0.25) is 0 Å². The van der Waals surface area contributed by atoms with Gasteiger partial charge in [0.25, 0.3) is 0 Å². The molecule has 2 heteroatoms. The SMILES string of the molecule is CCC1C=Cc2nc3ccccc3nc2C1CC. The molecule has 0 saturated heterocycles. The zero-order valence-corrected chi connectivity index (χ0v) is 10.9. The van der Waals surface area contributed by atoms with Gasteiger partial charge >= 0.3 is 0 Å². The summed E-state index contributed by atoms with van der Waals surface area (Å²) >= 11 is 0. The summed E-state index contributed by atoms with van der Waals surface area (Å²) in [4.78, 5) is 9.59. The molecule has 0 saturated carbocycles. The topological polar surface area (TPSA) is 25.8 Å². The molecule has 1 heterocycles. The number of allylic oxidation sites excluding steroid dienone is 1. The maximum atomic E-state index is 4.85. The molecule has 2 atom stereocenters. The summed E-state index contributed by atoms with van der Waals surface area (Å²) in [7, 11) is 0. The third-order valence-electron chi connectivity index (χ3n) is 3.91. The number of hydrogen-bond acceptors (Lipinski definition) is 2. The minimum atomic E-state index is 0.520. The molecule has 0 N–H and O–H groups in total. The van der Waals surface area contributed by atoms with E-state index in [4.69, 9.17) is 9.97 Å². The van der Waals surface area contributed by atoms with E-state index in [2.05, 4.69) is 32.1 Å². The molecule has 1 aliphatic carbocycles. The first-order valence-electron chi connectivity index (χ1n) is 6.78. The number of para-hydroxylation sites is 2. The Morgan fingerprint density at radius 3 is 2.39 bits per heavy atom. The van der Waals surface area contributed by atoms with Crippen molar-refractivity contribution in [3.8, 4) is 0 Å². The molecule has 3 rings (SSSR count). The van der Waals surface area contributed by atoms with Crippen molar-refractivity contribution >= 4 is 17.1 Å². The molecule has 1 aromatic carbocycles. The fraction of sp³-hybridized carbons (Fsp3) is 0.375. The normalized spacial score (nSPS) is 22.1. The summed E-state index contributed by atoms with van der Waals surface area (Å²) in [5.74, 6) is 1.13. The highest BCUT2D eigenvalue weighted by Crippen LogP contribution is 2.36. The Kier molecular flexibility index (Phi) is 2.86. The zero-order valence-electron chi connectivity index (χ0n) is 10.9. The predicted octanol–water partition coefficient (Wildman–Crippen LogP) is 4.18. The molecule has 0 bridgehead atoms. The van der Waals surface area contributed by atoms with Crippen molar-refractivity contribution in [1.82, 2.24) is 9.97 Å². The van der Waals surface area contributed by atoms with Gasteiger partial charge in [-0.3, -0.25) is 0 Å². The lowest BCUT2D eigenvalue weighted by atomic mass is 9.81. The van der Waals surface area contributed by atoms with E-state index in [1.165, 1.54) is 12.1 Å². The van der Waals surface area contributed by atoms with Crippen LogP contribution in [-0.2, 0) is 0 Å². The Morgan fingerprint density at radius 1 is 1.00 bits per heavy atom. The van der Waals surface area contributed by atoms with Crippen molar-refractivity contribution in [2.45, 2.75) is 32.6 Å². The Labute approximate surface area is 108 Å². The summed E-state index contributed by atoms with van der Waals surface area (Å²) in [5, 5.41) is 0. The van der Waals surface area contributed by atoms with Crippen molar-refractivity contribution < 1.29 is 0 Å². The van der Waals surface area contributed by atoms with E-state index in [0.717, 1.165) is 23.1 Å². The second-order valence-corrected chi connectivity index (χ2v) is 4.93. The van der Waals surface area contributed by atoms with Gasteiger partial charge in [0.15, 0.2) is 0 Å². The molecule has 18 heavy (non-hydrogen) atoms. The van der Waals surface area contributed by atoms with Crippen molar-refractivity contribution in [3.05, 3.63) is 41.7 Å².